The van der Waals surface area contributed by atoms with Crippen LogP contribution in [0.3, 0.4) is 0 Å². The Labute approximate surface area is 140 Å². The van der Waals surface area contributed by atoms with E-state index in [0.29, 0.717) is 16.7 Å². The summed E-state index contributed by atoms with van der Waals surface area (Å²) in [6.45, 7) is 0. The first-order valence-electron chi connectivity index (χ1n) is 6.68. The van der Waals surface area contributed by atoms with E-state index in [1.165, 1.54) is 36.5 Å². The van der Waals surface area contributed by atoms with Crippen LogP contribution >= 0.6 is 11.6 Å². The Hall–Kier alpha value is -2.60. The first-order valence-corrected chi connectivity index (χ1v) is 7.06. The molecule has 0 saturated carbocycles. The number of benzene rings is 1. The minimum atomic E-state index is -4.42. The molecule has 0 aliphatic heterocycles. The monoisotopic (exact) mass is 353 g/mol. The van der Waals surface area contributed by atoms with Crippen molar-refractivity contribution >= 4 is 23.1 Å². The number of hydrogen-bond donors (Lipinski definition) is 1. The summed E-state index contributed by atoms with van der Waals surface area (Å²) >= 11 is 5.73. The highest BCUT2D eigenvalue weighted by molar-refractivity contribution is 6.29. The number of aliphatic carboxylic acids is 1. The van der Waals surface area contributed by atoms with Gasteiger partial charge in [-0.3, -0.25) is 0 Å². The van der Waals surface area contributed by atoms with Gasteiger partial charge in [-0.05, 0) is 35.4 Å². The van der Waals surface area contributed by atoms with Gasteiger partial charge in [-0.1, -0.05) is 35.9 Å². The maximum absolute atomic E-state index is 12.7. The number of rotatable bonds is 4. The number of hydrogen-bond acceptors (Lipinski definition) is 2. The fourth-order valence-corrected chi connectivity index (χ4v) is 2.07. The number of pyridine rings is 1. The lowest BCUT2D eigenvalue weighted by atomic mass is 9.97. The van der Waals surface area contributed by atoms with Crippen LogP contribution in [-0.4, -0.2) is 16.1 Å². The first kappa shape index (κ1) is 17.7. The summed E-state index contributed by atoms with van der Waals surface area (Å²) in [7, 11) is 0. The molecule has 0 unspecified atom stereocenters. The number of allylic oxidation sites excluding steroid dienone is 2. The second-order valence-corrected chi connectivity index (χ2v) is 5.11. The van der Waals surface area contributed by atoms with Crippen LogP contribution < -0.4 is 0 Å². The van der Waals surface area contributed by atoms with Gasteiger partial charge in [-0.25, -0.2) is 9.78 Å². The Bertz CT molecular complexity index is 779. The van der Waals surface area contributed by atoms with Crippen molar-refractivity contribution in [1.82, 2.24) is 4.98 Å². The molecule has 1 aromatic heterocycles. The summed E-state index contributed by atoms with van der Waals surface area (Å²) in [6, 6.07) is 7.75. The lowest BCUT2D eigenvalue weighted by Gasteiger charge is -2.10. The average Bonchev–Trinajstić information content (AvgIpc) is 2.52. The summed E-state index contributed by atoms with van der Waals surface area (Å²) in [5.41, 5.74) is 0.836. The third kappa shape index (κ3) is 4.70. The number of aromatic nitrogens is 1. The van der Waals surface area contributed by atoms with Gasteiger partial charge in [0.25, 0.3) is 0 Å². The van der Waals surface area contributed by atoms with Crippen LogP contribution in [0.1, 0.15) is 16.7 Å². The molecular weight excluding hydrogens is 343 g/mol. The molecule has 0 amide bonds. The van der Waals surface area contributed by atoms with E-state index >= 15 is 0 Å². The van der Waals surface area contributed by atoms with Crippen LogP contribution in [0.2, 0.25) is 5.15 Å². The zero-order valence-corrected chi connectivity index (χ0v) is 12.8. The molecule has 2 rings (SSSR count). The Balaban J connectivity index is 2.46. The number of nitrogens with zero attached hydrogens (tertiary/aromatic N) is 1. The highest BCUT2D eigenvalue weighted by Gasteiger charge is 2.30. The number of carboxylic acid groups (broad SMARTS) is 1. The van der Waals surface area contributed by atoms with Crippen LogP contribution in [0.15, 0.2) is 60.8 Å². The van der Waals surface area contributed by atoms with Crippen molar-refractivity contribution in [2.45, 2.75) is 6.18 Å². The lowest BCUT2D eigenvalue weighted by molar-refractivity contribution is -0.137. The molecule has 0 spiro atoms. The molecule has 0 bridgehead atoms. The summed E-state index contributed by atoms with van der Waals surface area (Å²) in [5.74, 6) is -1.13. The summed E-state index contributed by atoms with van der Waals surface area (Å²) in [6.07, 6.45) is 0.743. The normalized spacial score (nSPS) is 12.6. The standard InChI is InChI=1S/C17H11ClF3NO2/c18-15-9-6-12(10-22-15)14(2-1-3-16(23)24)11-4-7-13(8-5-11)17(19,20)21/h1-10H,(H,23,24). The predicted octanol–water partition coefficient (Wildman–Crippen LogP) is 4.83. The third-order valence-corrected chi connectivity index (χ3v) is 3.29. The Morgan fingerprint density at radius 1 is 1.08 bits per heavy atom. The van der Waals surface area contributed by atoms with Crippen molar-refractivity contribution in [1.29, 1.82) is 0 Å². The van der Waals surface area contributed by atoms with Gasteiger partial charge >= 0.3 is 12.1 Å². The van der Waals surface area contributed by atoms with Gasteiger partial charge < -0.3 is 5.11 Å². The van der Waals surface area contributed by atoms with Gasteiger partial charge in [-0.2, -0.15) is 13.2 Å². The summed E-state index contributed by atoms with van der Waals surface area (Å²) < 4.78 is 38.0. The summed E-state index contributed by atoms with van der Waals surface area (Å²) in [4.78, 5) is 14.5. The van der Waals surface area contributed by atoms with Crippen molar-refractivity contribution in [2.24, 2.45) is 0 Å². The van der Waals surface area contributed by atoms with Crippen molar-refractivity contribution in [3.63, 3.8) is 0 Å². The average molecular weight is 354 g/mol. The summed E-state index contributed by atoms with van der Waals surface area (Å²) in [5, 5.41) is 8.93. The topological polar surface area (TPSA) is 50.2 Å². The molecule has 0 saturated heterocycles. The Morgan fingerprint density at radius 3 is 2.21 bits per heavy atom. The molecule has 0 atom stereocenters. The maximum Gasteiger partial charge on any atom is 0.416 e. The molecule has 124 valence electrons. The zero-order valence-electron chi connectivity index (χ0n) is 12.1. The van der Waals surface area contributed by atoms with E-state index in [1.54, 1.807) is 6.07 Å². The number of carbonyl (C=O) groups is 1. The minimum Gasteiger partial charge on any atom is -0.478 e. The highest BCUT2D eigenvalue weighted by Crippen LogP contribution is 2.31. The molecule has 0 radical (unpaired) electrons. The second-order valence-electron chi connectivity index (χ2n) is 4.72. The van der Waals surface area contributed by atoms with Crippen LogP contribution in [0.5, 0.6) is 0 Å². The van der Waals surface area contributed by atoms with E-state index in [4.69, 9.17) is 16.7 Å². The third-order valence-electron chi connectivity index (χ3n) is 3.06. The highest BCUT2D eigenvalue weighted by atomic mass is 35.5. The number of halogens is 4. The molecule has 7 heteroatoms. The SMILES string of the molecule is O=C(O)C=CC=C(c1ccc(C(F)(F)F)cc1)c1ccc(Cl)nc1. The number of carboxylic acids is 1. The molecule has 0 aliphatic carbocycles. The van der Waals surface area contributed by atoms with Crippen LogP contribution in [-0.2, 0) is 11.0 Å². The Morgan fingerprint density at radius 2 is 1.71 bits per heavy atom. The van der Waals surface area contributed by atoms with Gasteiger partial charge in [0.15, 0.2) is 0 Å². The van der Waals surface area contributed by atoms with E-state index in [2.05, 4.69) is 4.98 Å². The van der Waals surface area contributed by atoms with Crippen LogP contribution in [0, 0.1) is 0 Å². The zero-order chi connectivity index (χ0) is 17.7. The van der Waals surface area contributed by atoms with Gasteiger partial charge in [0.1, 0.15) is 5.15 Å². The lowest BCUT2D eigenvalue weighted by Crippen LogP contribution is -2.04. The van der Waals surface area contributed by atoms with Crippen molar-refractivity contribution in [3.05, 3.63) is 82.7 Å². The largest absolute Gasteiger partial charge is 0.478 e. The maximum atomic E-state index is 12.7. The molecule has 3 nitrogen and oxygen atoms in total. The second kappa shape index (κ2) is 7.31. The molecule has 1 N–H and O–H groups in total. The van der Waals surface area contributed by atoms with Crippen molar-refractivity contribution < 1.29 is 23.1 Å². The molecule has 24 heavy (non-hydrogen) atoms. The van der Waals surface area contributed by atoms with Crippen LogP contribution in [0.4, 0.5) is 13.2 Å². The van der Waals surface area contributed by atoms with Gasteiger partial charge in [0, 0.05) is 17.8 Å². The molecule has 2 aromatic rings. The molecule has 0 aliphatic rings. The smallest absolute Gasteiger partial charge is 0.416 e. The fourth-order valence-electron chi connectivity index (χ4n) is 1.96. The van der Waals surface area contributed by atoms with E-state index < -0.39 is 17.7 Å². The fraction of sp³-hybridized carbons (Fsp3) is 0.0588. The predicted molar refractivity (Wildman–Crippen MR) is 84.5 cm³/mol. The van der Waals surface area contributed by atoms with E-state index in [9.17, 15) is 18.0 Å². The van der Waals surface area contributed by atoms with Crippen LogP contribution in [0.25, 0.3) is 5.57 Å². The van der Waals surface area contributed by atoms with E-state index in [0.717, 1.165) is 18.2 Å². The van der Waals surface area contributed by atoms with Gasteiger partial charge in [0.05, 0.1) is 5.56 Å². The van der Waals surface area contributed by atoms with Gasteiger partial charge in [-0.15, -0.1) is 0 Å². The first-order chi connectivity index (χ1) is 11.3. The van der Waals surface area contributed by atoms with Crippen molar-refractivity contribution in [3.8, 4) is 0 Å². The molecule has 0 fully saturated rings. The van der Waals surface area contributed by atoms with Gasteiger partial charge in [0.2, 0.25) is 0 Å². The molecule has 1 heterocycles. The Kier molecular flexibility index (Phi) is 5.41. The molecule has 1 aromatic carbocycles. The van der Waals surface area contributed by atoms with E-state index in [1.807, 2.05) is 0 Å². The van der Waals surface area contributed by atoms with E-state index in [-0.39, 0.29) is 5.15 Å². The molecular formula is C17H11ClF3NO2. The van der Waals surface area contributed by atoms with Crippen molar-refractivity contribution in [2.75, 3.05) is 0 Å². The quantitative estimate of drug-likeness (QED) is 0.487. The minimum absolute atomic E-state index is 0.270. The number of alkyl halides is 3.